The van der Waals surface area contributed by atoms with Gasteiger partial charge in [-0.3, -0.25) is 9.48 Å². The van der Waals surface area contributed by atoms with Gasteiger partial charge in [-0.25, -0.2) is 0 Å². The summed E-state index contributed by atoms with van der Waals surface area (Å²) in [6.45, 7) is 1.27. The third-order valence-corrected chi connectivity index (χ3v) is 5.33. The minimum Gasteiger partial charge on any atom is -0.454 e. The highest BCUT2D eigenvalue weighted by molar-refractivity contribution is 5.92. The van der Waals surface area contributed by atoms with E-state index in [1.165, 1.54) is 12.8 Å². The standard InChI is InChI=1S/C19H21N3O4/c23-19(20-13-3-1-2-4-13)15-8-14-10-24-18(9-22(14)21-15)12-5-6-16-17(7-12)26-11-25-16/h5-8,13,18H,1-4,9-11H2,(H,20,23)/t18-/m1/s1. The lowest BCUT2D eigenvalue weighted by Gasteiger charge is -2.24. The second kappa shape index (κ2) is 6.32. The Balaban J connectivity index is 1.31. The first kappa shape index (κ1) is 15.7. The topological polar surface area (TPSA) is 74.6 Å². The molecule has 0 bridgehead atoms. The van der Waals surface area contributed by atoms with Crippen LogP contribution in [-0.2, 0) is 17.9 Å². The van der Waals surface area contributed by atoms with Crippen molar-refractivity contribution in [3.8, 4) is 11.5 Å². The molecule has 0 radical (unpaired) electrons. The molecule has 136 valence electrons. The fraction of sp³-hybridized carbons (Fsp3) is 0.474. The summed E-state index contributed by atoms with van der Waals surface area (Å²) in [7, 11) is 0. The molecule has 1 fully saturated rings. The van der Waals surface area contributed by atoms with E-state index in [2.05, 4.69) is 10.4 Å². The molecule has 1 aromatic heterocycles. The lowest BCUT2D eigenvalue weighted by molar-refractivity contribution is -0.00128. The van der Waals surface area contributed by atoms with Crippen LogP contribution in [0, 0.1) is 0 Å². The van der Waals surface area contributed by atoms with E-state index in [1.807, 2.05) is 28.9 Å². The highest BCUT2D eigenvalue weighted by atomic mass is 16.7. The van der Waals surface area contributed by atoms with Gasteiger partial charge in [0, 0.05) is 6.04 Å². The van der Waals surface area contributed by atoms with Crippen LogP contribution in [0.2, 0.25) is 0 Å². The molecule has 0 spiro atoms. The van der Waals surface area contributed by atoms with Crippen molar-refractivity contribution in [1.82, 2.24) is 15.1 Å². The van der Waals surface area contributed by atoms with Crippen molar-refractivity contribution >= 4 is 5.91 Å². The first-order chi connectivity index (χ1) is 12.8. The molecule has 1 amide bonds. The Bertz CT molecular complexity index is 841. The quantitative estimate of drug-likeness (QED) is 0.916. The number of rotatable bonds is 3. The van der Waals surface area contributed by atoms with E-state index in [1.54, 1.807) is 0 Å². The summed E-state index contributed by atoms with van der Waals surface area (Å²) >= 11 is 0. The van der Waals surface area contributed by atoms with Crippen LogP contribution in [-0.4, -0.2) is 28.5 Å². The average Bonchev–Trinajstić information content (AvgIpc) is 3.40. The first-order valence-electron chi connectivity index (χ1n) is 9.15. The number of ether oxygens (including phenoxy) is 3. The molecule has 1 N–H and O–H groups in total. The van der Waals surface area contributed by atoms with Gasteiger partial charge in [0.15, 0.2) is 17.2 Å². The number of aromatic nitrogens is 2. The molecular weight excluding hydrogens is 334 g/mol. The smallest absolute Gasteiger partial charge is 0.272 e. The molecule has 2 aliphatic heterocycles. The Morgan fingerprint density at radius 2 is 2.00 bits per heavy atom. The summed E-state index contributed by atoms with van der Waals surface area (Å²) in [4.78, 5) is 12.4. The van der Waals surface area contributed by atoms with Crippen molar-refractivity contribution < 1.29 is 19.0 Å². The van der Waals surface area contributed by atoms with Crippen molar-refractivity contribution in [3.05, 3.63) is 41.2 Å². The summed E-state index contributed by atoms with van der Waals surface area (Å²) in [5.74, 6) is 1.42. The first-order valence-corrected chi connectivity index (χ1v) is 9.15. The largest absolute Gasteiger partial charge is 0.454 e. The van der Waals surface area contributed by atoms with Crippen LogP contribution in [0.4, 0.5) is 0 Å². The molecule has 0 saturated heterocycles. The van der Waals surface area contributed by atoms with Gasteiger partial charge in [-0.2, -0.15) is 5.10 Å². The monoisotopic (exact) mass is 355 g/mol. The van der Waals surface area contributed by atoms with Crippen molar-refractivity contribution in [2.24, 2.45) is 0 Å². The van der Waals surface area contributed by atoms with Gasteiger partial charge in [0.05, 0.1) is 18.8 Å². The average molecular weight is 355 g/mol. The minimum atomic E-state index is -0.123. The number of fused-ring (bicyclic) bond motifs is 2. The van der Waals surface area contributed by atoms with Gasteiger partial charge in [-0.05, 0) is 36.6 Å². The molecule has 5 rings (SSSR count). The molecule has 1 saturated carbocycles. The van der Waals surface area contributed by atoms with Crippen LogP contribution in [0.15, 0.2) is 24.3 Å². The maximum absolute atomic E-state index is 12.4. The molecule has 1 aromatic carbocycles. The number of nitrogens with one attached hydrogen (secondary N) is 1. The third-order valence-electron chi connectivity index (χ3n) is 5.33. The maximum Gasteiger partial charge on any atom is 0.272 e. The van der Waals surface area contributed by atoms with Gasteiger partial charge in [0.25, 0.3) is 5.91 Å². The van der Waals surface area contributed by atoms with E-state index >= 15 is 0 Å². The van der Waals surface area contributed by atoms with Gasteiger partial charge in [0.2, 0.25) is 6.79 Å². The number of nitrogens with zero attached hydrogens (tertiary/aromatic N) is 2. The number of carbonyl (C=O) groups excluding carboxylic acids is 1. The number of benzene rings is 1. The summed E-state index contributed by atoms with van der Waals surface area (Å²) in [6, 6.07) is 7.97. The molecule has 3 heterocycles. The Kier molecular flexibility index (Phi) is 3.81. The molecule has 7 nitrogen and oxygen atoms in total. The Hall–Kier alpha value is -2.54. The highest BCUT2D eigenvalue weighted by Gasteiger charge is 2.26. The van der Waals surface area contributed by atoms with E-state index in [0.29, 0.717) is 24.9 Å². The molecular formula is C19H21N3O4. The van der Waals surface area contributed by atoms with Gasteiger partial charge in [-0.15, -0.1) is 0 Å². The number of hydrogen-bond acceptors (Lipinski definition) is 5. The predicted octanol–water partition coefficient (Wildman–Crippen LogP) is 2.56. The Labute approximate surface area is 151 Å². The fourth-order valence-corrected chi connectivity index (χ4v) is 3.88. The summed E-state index contributed by atoms with van der Waals surface area (Å²) < 4.78 is 18.7. The number of hydrogen-bond donors (Lipinski definition) is 1. The Morgan fingerprint density at radius 3 is 2.88 bits per heavy atom. The van der Waals surface area contributed by atoms with E-state index < -0.39 is 0 Å². The van der Waals surface area contributed by atoms with Crippen LogP contribution < -0.4 is 14.8 Å². The zero-order valence-electron chi connectivity index (χ0n) is 14.4. The van der Waals surface area contributed by atoms with E-state index in [9.17, 15) is 4.79 Å². The molecule has 1 atom stereocenters. The fourth-order valence-electron chi connectivity index (χ4n) is 3.88. The zero-order valence-corrected chi connectivity index (χ0v) is 14.4. The summed E-state index contributed by atoms with van der Waals surface area (Å²) in [5, 5.41) is 7.60. The number of amides is 1. The molecule has 2 aromatic rings. The van der Waals surface area contributed by atoms with Crippen LogP contribution in [0.3, 0.4) is 0 Å². The molecule has 1 aliphatic carbocycles. The third kappa shape index (κ3) is 2.82. The lowest BCUT2D eigenvalue weighted by atomic mass is 10.1. The van der Waals surface area contributed by atoms with E-state index in [4.69, 9.17) is 14.2 Å². The molecule has 26 heavy (non-hydrogen) atoms. The molecule has 0 unspecified atom stereocenters. The lowest BCUT2D eigenvalue weighted by Crippen LogP contribution is -2.33. The van der Waals surface area contributed by atoms with Gasteiger partial charge in [0.1, 0.15) is 6.10 Å². The van der Waals surface area contributed by atoms with E-state index in [-0.39, 0.29) is 18.8 Å². The number of carbonyl (C=O) groups is 1. The molecule has 7 heteroatoms. The zero-order chi connectivity index (χ0) is 17.5. The van der Waals surface area contributed by atoms with Crippen LogP contribution in [0.5, 0.6) is 11.5 Å². The Morgan fingerprint density at radius 1 is 1.15 bits per heavy atom. The highest BCUT2D eigenvalue weighted by Crippen LogP contribution is 2.36. The van der Waals surface area contributed by atoms with Crippen molar-refractivity contribution in [1.29, 1.82) is 0 Å². The van der Waals surface area contributed by atoms with Crippen LogP contribution in [0.25, 0.3) is 0 Å². The minimum absolute atomic E-state index is 0.0848. The maximum atomic E-state index is 12.4. The van der Waals surface area contributed by atoms with Gasteiger partial charge < -0.3 is 19.5 Å². The molecule has 3 aliphatic rings. The predicted molar refractivity (Wildman–Crippen MR) is 92.0 cm³/mol. The normalized spacial score (nSPS) is 21.6. The van der Waals surface area contributed by atoms with Crippen LogP contribution >= 0.6 is 0 Å². The van der Waals surface area contributed by atoms with Gasteiger partial charge in [-0.1, -0.05) is 18.9 Å². The SMILES string of the molecule is O=C(NC1CCCC1)c1cc2n(n1)C[C@H](c1ccc3c(c1)OCO3)OC2. The summed E-state index contributed by atoms with van der Waals surface area (Å²) in [5.41, 5.74) is 2.42. The van der Waals surface area contributed by atoms with Crippen LogP contribution in [0.1, 0.15) is 53.5 Å². The summed E-state index contributed by atoms with van der Waals surface area (Å²) in [6.07, 6.45) is 4.39. The second-order valence-electron chi connectivity index (χ2n) is 7.07. The van der Waals surface area contributed by atoms with Gasteiger partial charge >= 0.3 is 0 Å². The van der Waals surface area contributed by atoms with E-state index in [0.717, 1.165) is 35.6 Å². The van der Waals surface area contributed by atoms with Crippen molar-refractivity contribution in [3.63, 3.8) is 0 Å². The van der Waals surface area contributed by atoms with Crippen molar-refractivity contribution in [2.75, 3.05) is 6.79 Å². The van der Waals surface area contributed by atoms with Crippen molar-refractivity contribution in [2.45, 2.75) is 51.0 Å². The second-order valence-corrected chi connectivity index (χ2v) is 7.07.